The molecule has 1 amide bonds. The highest BCUT2D eigenvalue weighted by Gasteiger charge is 2.16. The molecule has 1 unspecified atom stereocenters. The quantitative estimate of drug-likeness (QED) is 0.850. The van der Waals surface area contributed by atoms with Crippen molar-refractivity contribution in [2.45, 2.75) is 26.9 Å². The maximum Gasteiger partial charge on any atom is 0.265 e. The number of anilines is 1. The molecule has 2 aromatic rings. The van der Waals surface area contributed by atoms with Gasteiger partial charge < -0.3 is 10.1 Å². The molecule has 3 nitrogen and oxygen atoms in total. The van der Waals surface area contributed by atoms with Crippen LogP contribution in [0.3, 0.4) is 0 Å². The van der Waals surface area contributed by atoms with Crippen LogP contribution in [0.5, 0.6) is 5.75 Å². The standard InChI is InChI=1S/C17H17Cl2NO2/c1-10-4-5-11(2)16(8-10)20-17(21)12(3)22-13-6-7-14(18)15(19)9-13/h4-9,12H,1-3H3,(H,20,21). The number of carbonyl (C=O) groups is 1. The van der Waals surface area contributed by atoms with E-state index in [-0.39, 0.29) is 5.91 Å². The Labute approximate surface area is 140 Å². The number of halogens is 2. The fraction of sp³-hybridized carbons (Fsp3) is 0.235. The van der Waals surface area contributed by atoms with Crippen LogP contribution in [0.15, 0.2) is 36.4 Å². The van der Waals surface area contributed by atoms with Gasteiger partial charge in [0.05, 0.1) is 10.0 Å². The first kappa shape index (κ1) is 16.7. The molecule has 1 atom stereocenters. The van der Waals surface area contributed by atoms with Crippen molar-refractivity contribution in [1.29, 1.82) is 0 Å². The molecular weight excluding hydrogens is 321 g/mol. The SMILES string of the molecule is Cc1ccc(C)c(NC(=O)C(C)Oc2ccc(Cl)c(Cl)c2)c1. The van der Waals surface area contributed by atoms with Crippen LogP contribution >= 0.6 is 23.2 Å². The van der Waals surface area contributed by atoms with Crippen LogP contribution in [0, 0.1) is 13.8 Å². The molecule has 0 spiro atoms. The zero-order valence-corrected chi connectivity index (χ0v) is 14.1. The predicted molar refractivity (Wildman–Crippen MR) is 91.1 cm³/mol. The Morgan fingerprint density at radius 3 is 2.50 bits per heavy atom. The van der Waals surface area contributed by atoms with Gasteiger partial charge in [0.1, 0.15) is 5.75 Å². The molecule has 5 heteroatoms. The van der Waals surface area contributed by atoms with E-state index in [4.69, 9.17) is 27.9 Å². The first-order valence-corrected chi connectivity index (χ1v) is 7.62. The van der Waals surface area contributed by atoms with E-state index in [1.165, 1.54) is 0 Å². The molecular formula is C17H17Cl2NO2. The van der Waals surface area contributed by atoms with Crippen LogP contribution in [-0.4, -0.2) is 12.0 Å². The molecule has 1 N–H and O–H groups in total. The number of rotatable bonds is 4. The highest BCUT2D eigenvalue weighted by Crippen LogP contribution is 2.27. The largest absolute Gasteiger partial charge is 0.481 e. The Hall–Kier alpha value is -1.71. The summed E-state index contributed by atoms with van der Waals surface area (Å²) in [5.74, 6) is 0.276. The minimum absolute atomic E-state index is 0.222. The van der Waals surface area contributed by atoms with Gasteiger partial charge in [-0.2, -0.15) is 0 Å². The second-order valence-corrected chi connectivity index (χ2v) is 5.96. The van der Waals surface area contributed by atoms with Crippen molar-refractivity contribution in [2.75, 3.05) is 5.32 Å². The number of amides is 1. The van der Waals surface area contributed by atoms with Crippen molar-refractivity contribution in [3.63, 3.8) is 0 Å². The van der Waals surface area contributed by atoms with Gasteiger partial charge in [0.25, 0.3) is 5.91 Å². The van der Waals surface area contributed by atoms with Crippen molar-refractivity contribution in [3.8, 4) is 5.75 Å². The average molecular weight is 338 g/mol. The molecule has 0 aliphatic carbocycles. The van der Waals surface area contributed by atoms with E-state index in [0.29, 0.717) is 15.8 Å². The van der Waals surface area contributed by atoms with Gasteiger partial charge in [-0.1, -0.05) is 35.3 Å². The van der Waals surface area contributed by atoms with E-state index in [2.05, 4.69) is 5.32 Å². The van der Waals surface area contributed by atoms with Crippen LogP contribution in [0.25, 0.3) is 0 Å². The van der Waals surface area contributed by atoms with Crippen molar-refractivity contribution < 1.29 is 9.53 Å². The van der Waals surface area contributed by atoms with E-state index in [1.54, 1.807) is 25.1 Å². The summed E-state index contributed by atoms with van der Waals surface area (Å²) in [4.78, 5) is 12.2. The van der Waals surface area contributed by atoms with Crippen molar-refractivity contribution in [2.24, 2.45) is 0 Å². The van der Waals surface area contributed by atoms with E-state index >= 15 is 0 Å². The van der Waals surface area contributed by atoms with E-state index in [0.717, 1.165) is 16.8 Å². The number of aryl methyl sites for hydroxylation is 2. The summed E-state index contributed by atoms with van der Waals surface area (Å²) >= 11 is 11.8. The van der Waals surface area contributed by atoms with E-state index in [9.17, 15) is 4.79 Å². The normalized spacial score (nSPS) is 11.9. The van der Waals surface area contributed by atoms with Gasteiger partial charge >= 0.3 is 0 Å². The Bertz CT molecular complexity index is 701. The zero-order valence-electron chi connectivity index (χ0n) is 12.6. The predicted octanol–water partition coefficient (Wildman–Crippen LogP) is 5.02. The Balaban J connectivity index is 2.05. The number of nitrogens with one attached hydrogen (secondary N) is 1. The molecule has 0 saturated heterocycles. The first-order chi connectivity index (χ1) is 10.4. The van der Waals surface area contributed by atoms with Crippen molar-refractivity contribution in [1.82, 2.24) is 0 Å². The zero-order chi connectivity index (χ0) is 16.3. The lowest BCUT2D eigenvalue weighted by molar-refractivity contribution is -0.122. The number of ether oxygens (including phenoxy) is 1. The molecule has 0 saturated carbocycles. The molecule has 0 heterocycles. The van der Waals surface area contributed by atoms with Gasteiger partial charge in [-0.05, 0) is 50.1 Å². The monoisotopic (exact) mass is 337 g/mol. The fourth-order valence-corrected chi connectivity index (χ4v) is 2.20. The molecule has 0 radical (unpaired) electrons. The maximum atomic E-state index is 12.2. The van der Waals surface area contributed by atoms with Gasteiger partial charge in [-0.25, -0.2) is 0 Å². The van der Waals surface area contributed by atoms with Crippen LogP contribution < -0.4 is 10.1 Å². The number of carbonyl (C=O) groups excluding carboxylic acids is 1. The number of hydrogen-bond acceptors (Lipinski definition) is 2. The number of hydrogen-bond donors (Lipinski definition) is 1. The molecule has 116 valence electrons. The van der Waals surface area contributed by atoms with Crippen LogP contribution in [-0.2, 0) is 4.79 Å². The van der Waals surface area contributed by atoms with Crippen molar-refractivity contribution in [3.05, 3.63) is 57.6 Å². The van der Waals surface area contributed by atoms with Gasteiger partial charge in [0, 0.05) is 11.8 Å². The van der Waals surface area contributed by atoms with Crippen LogP contribution in [0.1, 0.15) is 18.1 Å². The topological polar surface area (TPSA) is 38.3 Å². The summed E-state index contributed by atoms with van der Waals surface area (Å²) in [7, 11) is 0. The molecule has 0 aliphatic heterocycles. The summed E-state index contributed by atoms with van der Waals surface area (Å²) < 4.78 is 5.60. The molecule has 22 heavy (non-hydrogen) atoms. The van der Waals surface area contributed by atoms with Crippen molar-refractivity contribution >= 4 is 34.8 Å². The molecule has 2 rings (SSSR count). The van der Waals surface area contributed by atoms with E-state index < -0.39 is 6.10 Å². The molecule has 0 fully saturated rings. The van der Waals surface area contributed by atoms with E-state index in [1.807, 2.05) is 32.0 Å². The Morgan fingerprint density at radius 1 is 1.09 bits per heavy atom. The highest BCUT2D eigenvalue weighted by atomic mass is 35.5. The van der Waals surface area contributed by atoms with Gasteiger partial charge in [0.15, 0.2) is 6.10 Å². The third-order valence-corrected chi connectivity index (χ3v) is 3.96. The summed E-state index contributed by atoms with van der Waals surface area (Å²) in [6, 6.07) is 10.8. The maximum absolute atomic E-state index is 12.2. The third kappa shape index (κ3) is 4.15. The van der Waals surface area contributed by atoms with Gasteiger partial charge in [-0.15, -0.1) is 0 Å². The molecule has 2 aromatic carbocycles. The fourth-order valence-electron chi connectivity index (χ4n) is 1.91. The lowest BCUT2D eigenvalue weighted by Crippen LogP contribution is -2.30. The minimum atomic E-state index is -0.655. The van der Waals surface area contributed by atoms with Crippen LogP contribution in [0.2, 0.25) is 10.0 Å². The summed E-state index contributed by atoms with van der Waals surface area (Å²) in [6.07, 6.45) is -0.655. The summed E-state index contributed by atoms with van der Waals surface area (Å²) in [5.41, 5.74) is 2.87. The summed E-state index contributed by atoms with van der Waals surface area (Å²) in [6.45, 7) is 5.60. The Morgan fingerprint density at radius 2 is 1.82 bits per heavy atom. The minimum Gasteiger partial charge on any atom is -0.481 e. The molecule has 0 aliphatic rings. The smallest absolute Gasteiger partial charge is 0.265 e. The Kier molecular flexibility index (Phi) is 5.33. The third-order valence-electron chi connectivity index (χ3n) is 3.22. The second-order valence-electron chi connectivity index (χ2n) is 5.14. The highest BCUT2D eigenvalue weighted by molar-refractivity contribution is 6.42. The average Bonchev–Trinajstić information content (AvgIpc) is 2.46. The van der Waals surface area contributed by atoms with Gasteiger partial charge in [0.2, 0.25) is 0 Å². The lowest BCUT2D eigenvalue weighted by Gasteiger charge is -2.16. The number of benzene rings is 2. The second kappa shape index (κ2) is 7.03. The molecule has 0 bridgehead atoms. The lowest BCUT2D eigenvalue weighted by atomic mass is 10.1. The van der Waals surface area contributed by atoms with Crippen LogP contribution in [0.4, 0.5) is 5.69 Å². The van der Waals surface area contributed by atoms with Gasteiger partial charge in [-0.3, -0.25) is 4.79 Å². The summed E-state index contributed by atoms with van der Waals surface area (Å²) in [5, 5.41) is 3.71. The first-order valence-electron chi connectivity index (χ1n) is 6.86. The molecule has 0 aromatic heterocycles.